The molecule has 50 heteroatoms. The maximum absolute atomic E-state index is 13.4. The molecule has 0 saturated heterocycles. The van der Waals surface area contributed by atoms with Gasteiger partial charge in [0.1, 0.15) is 26.1 Å². The summed E-state index contributed by atoms with van der Waals surface area (Å²) in [5.41, 5.74) is -2.30. The molecule has 0 aliphatic rings. The molecule has 0 bridgehead atoms. The minimum absolute atomic E-state index is 0.0983. The fourth-order valence-electron chi connectivity index (χ4n) is 7.76. The highest BCUT2D eigenvalue weighted by molar-refractivity contribution is 5.81. The van der Waals surface area contributed by atoms with Gasteiger partial charge in [-0.2, -0.15) is 26.3 Å². The maximum atomic E-state index is 13.4. The Morgan fingerprint density at radius 1 is 0.236 bits per heavy atom. The minimum Gasteiger partial charge on any atom is -0.466 e. The number of esters is 12. The van der Waals surface area contributed by atoms with Crippen molar-refractivity contribution in [1.29, 1.82) is 0 Å². The lowest BCUT2D eigenvalue weighted by atomic mass is 9.91. The molecular weight excluding hydrogens is 1800 g/mol. The van der Waals surface area contributed by atoms with Crippen LogP contribution in [0.25, 0.3) is 0 Å². The molecule has 0 aromatic heterocycles. The van der Waals surface area contributed by atoms with E-state index in [1.54, 1.807) is 62.3 Å². The lowest BCUT2D eigenvalue weighted by Crippen LogP contribution is -2.37. The van der Waals surface area contributed by atoms with Crippen LogP contribution >= 0.6 is 0 Å². The van der Waals surface area contributed by atoms with Crippen molar-refractivity contribution in [2.24, 2.45) is 34.0 Å². The normalized spacial score (nSPS) is 13.3. The third kappa shape index (κ3) is 73.3. The summed E-state index contributed by atoms with van der Waals surface area (Å²) >= 11 is 0. The van der Waals surface area contributed by atoms with Crippen LogP contribution in [0, 0.1) is 34.0 Å². The molecule has 0 fully saturated rings. The van der Waals surface area contributed by atoms with Crippen LogP contribution in [-0.4, -0.2) is 222 Å². The third-order valence-corrected chi connectivity index (χ3v) is 16.3. The van der Waals surface area contributed by atoms with E-state index in [2.05, 4.69) is 42.6 Å². The second kappa shape index (κ2) is 57.8. The summed E-state index contributed by atoms with van der Waals surface area (Å²) in [6.07, 6.45) is -26.1. The van der Waals surface area contributed by atoms with E-state index in [-0.39, 0.29) is 69.7 Å². The van der Waals surface area contributed by atoms with Gasteiger partial charge in [0.05, 0.1) is 98.6 Å². The van der Waals surface area contributed by atoms with Crippen LogP contribution in [0.1, 0.15) is 234 Å². The number of hydrogen-bond donors (Lipinski definition) is 0. The Labute approximate surface area is 717 Å². The molecule has 0 heterocycles. The second-order valence-corrected chi connectivity index (χ2v) is 30.7. The van der Waals surface area contributed by atoms with Crippen LogP contribution in [0.2, 0.25) is 0 Å². The van der Waals surface area contributed by atoms with E-state index in [4.69, 9.17) is 14.2 Å². The highest BCUT2D eigenvalue weighted by Crippen LogP contribution is 2.43. The Kier molecular flexibility index (Phi) is 59.0. The molecule has 0 radical (unpaired) electrons. The fraction of sp³-hybridized carbons (Fsp3) is 0.844. The first kappa shape index (κ1) is 130. The molecule has 127 heavy (non-hydrogen) atoms. The molecule has 3 unspecified atom stereocenters. The van der Waals surface area contributed by atoms with Crippen LogP contribution in [-0.2, 0) is 114 Å². The van der Waals surface area contributed by atoms with Crippen molar-refractivity contribution in [1.82, 2.24) is 0 Å². The summed E-state index contributed by atoms with van der Waals surface area (Å²) in [5.74, 6) is -53.9. The molecule has 24 nitrogen and oxygen atoms in total. The van der Waals surface area contributed by atoms with Gasteiger partial charge < -0.3 is 56.8 Å². The highest BCUT2D eigenvalue weighted by Gasteiger charge is 2.54. The Hall–Kier alpha value is -8.18. The summed E-state index contributed by atoms with van der Waals surface area (Å²) in [5, 5.41) is 0. The first-order valence-electron chi connectivity index (χ1n) is 38.8. The van der Waals surface area contributed by atoms with Crippen molar-refractivity contribution in [3.63, 3.8) is 0 Å². The molecule has 0 saturated carbocycles. The van der Waals surface area contributed by atoms with Crippen LogP contribution in [0.5, 0.6) is 0 Å². The van der Waals surface area contributed by atoms with Gasteiger partial charge in [0, 0.05) is 0 Å². The fourth-order valence-corrected chi connectivity index (χ4v) is 7.76. The first-order valence-corrected chi connectivity index (χ1v) is 38.8. The Bertz CT molecular complexity index is 3140. The Morgan fingerprint density at radius 2 is 0.441 bits per heavy atom. The zero-order chi connectivity index (χ0) is 101. The van der Waals surface area contributed by atoms with Gasteiger partial charge in [-0.1, -0.05) is 62.3 Å². The second-order valence-electron chi connectivity index (χ2n) is 30.7. The molecule has 0 amide bonds. The predicted molar refractivity (Wildman–Crippen MR) is 393 cm³/mol. The monoisotopic (exact) mass is 1920 g/mol. The lowest BCUT2D eigenvalue weighted by molar-refractivity contribution is -0.214. The van der Waals surface area contributed by atoms with Crippen molar-refractivity contribution in [3.05, 3.63) is 0 Å². The van der Waals surface area contributed by atoms with Crippen molar-refractivity contribution < 1.29 is 229 Å². The third-order valence-electron chi connectivity index (χ3n) is 16.3. The molecule has 750 valence electrons. The van der Waals surface area contributed by atoms with Gasteiger partial charge in [-0.15, -0.1) is 0 Å². The zero-order valence-corrected chi connectivity index (χ0v) is 73.7. The summed E-state index contributed by atoms with van der Waals surface area (Å²) in [6.45, 7) is 18.8. The lowest BCUT2D eigenvalue weighted by Gasteiger charge is -2.25. The van der Waals surface area contributed by atoms with Gasteiger partial charge in [-0.3, -0.25) is 38.4 Å². The molecule has 0 aromatic carbocycles. The number of alkyl halides is 26. The van der Waals surface area contributed by atoms with Gasteiger partial charge in [-0.05, 0) is 108 Å². The Morgan fingerprint density at radius 3 is 0.646 bits per heavy atom. The van der Waals surface area contributed by atoms with Crippen LogP contribution in [0.15, 0.2) is 0 Å². The number of carbonyl (C=O) groups excluding carboxylic acids is 12. The van der Waals surface area contributed by atoms with E-state index >= 15 is 0 Å². The molecule has 0 rings (SSSR count). The molecule has 0 aromatic rings. The molecule has 0 N–H and O–H groups in total. The molecule has 0 spiro atoms. The number of ether oxygens (including phenoxy) is 12. The SMILES string of the molecule is CCC(C)(C)C(=O)OCC(=O)OCC(F)(F)CC(F)(F)CC(C)(F)F.CCC(C)(C)C(=O)OCC(=O)OCC(F)(F)CC(F)(F)CC(F)(F)F.CCC(C)C(=O)OCC(=O)OCC(F)(F)CC(F)(F)CC(C)(F)F.CCC(C)C(=O)OCC(=O)OCC(F)(F)CC(F)(F)CC(F)(F)F.CCOC(=O)CCOC(=O)C(C)(C)CC.CCOC(=O)CCOC(=O)C(C)CC. The molecule has 0 aliphatic heterocycles. The van der Waals surface area contributed by atoms with Gasteiger partial charge in [-0.25, -0.2) is 107 Å². The zero-order valence-electron chi connectivity index (χ0n) is 73.7. The first-order chi connectivity index (χ1) is 56.9. The highest BCUT2D eigenvalue weighted by atomic mass is 19.4. The van der Waals surface area contributed by atoms with Gasteiger partial charge in [0.2, 0.25) is 0 Å². The van der Waals surface area contributed by atoms with Crippen LogP contribution in [0.3, 0.4) is 0 Å². The average molecular weight is 1920 g/mol. The molecular formula is C77H116F26O24. The van der Waals surface area contributed by atoms with Crippen LogP contribution < -0.4 is 0 Å². The quantitative estimate of drug-likeness (QED) is 0.0310. The van der Waals surface area contributed by atoms with E-state index in [0.29, 0.717) is 45.3 Å². The summed E-state index contributed by atoms with van der Waals surface area (Å²) in [6, 6.07) is 0. The summed E-state index contributed by atoms with van der Waals surface area (Å²) in [4.78, 5) is 135. The smallest absolute Gasteiger partial charge is 0.394 e. The largest absolute Gasteiger partial charge is 0.466 e. The van der Waals surface area contributed by atoms with E-state index in [1.807, 2.05) is 27.7 Å². The number of halogens is 26. The van der Waals surface area contributed by atoms with Gasteiger partial charge in [0.15, 0.2) is 52.9 Å². The van der Waals surface area contributed by atoms with Crippen molar-refractivity contribution in [2.45, 2.75) is 306 Å². The van der Waals surface area contributed by atoms with Gasteiger partial charge >= 0.3 is 84.0 Å². The van der Waals surface area contributed by atoms with Crippen molar-refractivity contribution in [3.8, 4) is 0 Å². The summed E-state index contributed by atoms with van der Waals surface area (Å²) < 4.78 is 386. The number of carbonyl (C=O) groups is 12. The number of rotatable bonds is 50. The van der Waals surface area contributed by atoms with Gasteiger partial charge in [0.25, 0.3) is 59.2 Å². The molecule has 0 aliphatic carbocycles. The standard InChI is InChI=1S/C15H22F6O4.C14H19F7O4.C14H20F6O4.C13H17F7O4.C11H20O4.C10H18O4/c1-5-12(2,3)11(23)24-6-10(22)25-9-15(20,21)8-14(18,19)7-13(4,16)17;1-4-11(2,3)10(23)24-5-9(22)25-8-13(17,18)6-12(15,16)7-14(19,20)21;1-4-9(2)11(22)23-5-10(21)24-8-14(19,20)7-13(17,18)6-12(3,15)16;1-3-8(2)10(22)23-4-9(21)24-7-12(16,17)5-11(14,15)6-13(18,19)20;1-5-11(3,4)10(13)15-8-7-9(12)14-6-2;1-4-8(3)10(12)14-7-6-9(11)13-5-2/h5-9H2,1-4H3;4-8H2,1-3H3;9H,4-8H2,1-3H3;8H,3-7H2,1-2H3;5-8H2,1-4H3;8H,4-7H2,1-3H3. The van der Waals surface area contributed by atoms with Crippen molar-refractivity contribution >= 4 is 71.6 Å². The van der Waals surface area contributed by atoms with Crippen LogP contribution in [0.4, 0.5) is 114 Å². The maximum Gasteiger partial charge on any atom is 0.394 e. The van der Waals surface area contributed by atoms with E-state index in [1.165, 1.54) is 27.7 Å². The minimum atomic E-state index is -5.32. The Balaban J connectivity index is -0.000000350. The predicted octanol–water partition coefficient (Wildman–Crippen LogP) is 19.3. The summed E-state index contributed by atoms with van der Waals surface area (Å²) in [7, 11) is 0. The molecule has 3 atom stereocenters. The van der Waals surface area contributed by atoms with E-state index in [9.17, 15) is 172 Å². The number of hydrogen-bond acceptors (Lipinski definition) is 24. The topological polar surface area (TPSA) is 316 Å². The average Bonchev–Trinajstić information content (AvgIpc) is 0.853. The van der Waals surface area contributed by atoms with E-state index in [0.717, 1.165) is 6.42 Å². The van der Waals surface area contributed by atoms with Crippen molar-refractivity contribution in [2.75, 3.05) is 79.3 Å². The van der Waals surface area contributed by atoms with E-state index < -0.39 is 252 Å².